The summed E-state index contributed by atoms with van der Waals surface area (Å²) in [5.74, 6) is 0.439. The number of nitrogens with zero attached hydrogens (tertiary/aromatic N) is 1. The molecule has 5 heteroatoms. The minimum absolute atomic E-state index is 0.137. The standard InChI is InChI=1S/C7H7Cl.C2H6N2OS/c1-6-2-4-7(8)5-3-6;3-2(1-6)4-5/h2-5H,1H3;5-6H,1H2,(H2,3,4). The molecule has 0 bridgehead atoms. The van der Waals surface area contributed by atoms with Crippen molar-refractivity contribution >= 4 is 30.1 Å². The molecule has 78 valence electrons. The number of hydrogen-bond donors (Lipinski definition) is 3. The number of halogens is 1. The summed E-state index contributed by atoms with van der Waals surface area (Å²) in [6.45, 7) is 2.04. The Morgan fingerprint density at radius 2 is 2.00 bits per heavy atom. The molecule has 1 aromatic carbocycles. The first-order chi connectivity index (χ1) is 6.60. The Morgan fingerprint density at radius 1 is 1.50 bits per heavy atom. The van der Waals surface area contributed by atoms with Crippen molar-refractivity contribution in [1.82, 2.24) is 0 Å². The summed E-state index contributed by atoms with van der Waals surface area (Å²) in [7, 11) is 0. The van der Waals surface area contributed by atoms with E-state index in [1.54, 1.807) is 0 Å². The summed E-state index contributed by atoms with van der Waals surface area (Å²) in [6.07, 6.45) is 0. The van der Waals surface area contributed by atoms with Gasteiger partial charge in [-0.25, -0.2) is 0 Å². The molecule has 14 heavy (non-hydrogen) atoms. The highest BCUT2D eigenvalue weighted by molar-refractivity contribution is 7.81. The zero-order valence-corrected chi connectivity index (χ0v) is 9.46. The maximum atomic E-state index is 7.75. The van der Waals surface area contributed by atoms with Crippen LogP contribution in [0.4, 0.5) is 0 Å². The Bertz CT molecular complexity index is 266. The number of nitrogens with two attached hydrogens (primary N) is 1. The van der Waals surface area contributed by atoms with Gasteiger partial charge in [-0.1, -0.05) is 34.5 Å². The highest BCUT2D eigenvalue weighted by atomic mass is 35.5. The average Bonchev–Trinajstić information content (AvgIpc) is 2.22. The molecule has 3 nitrogen and oxygen atoms in total. The molecule has 0 aliphatic carbocycles. The van der Waals surface area contributed by atoms with E-state index in [1.807, 2.05) is 31.2 Å². The van der Waals surface area contributed by atoms with Crippen LogP contribution < -0.4 is 5.73 Å². The van der Waals surface area contributed by atoms with Gasteiger partial charge < -0.3 is 10.9 Å². The lowest BCUT2D eigenvalue weighted by molar-refractivity contribution is 0.318. The van der Waals surface area contributed by atoms with Crippen molar-refractivity contribution in [1.29, 1.82) is 0 Å². The normalized spacial score (nSPS) is 10.4. The van der Waals surface area contributed by atoms with Crippen molar-refractivity contribution < 1.29 is 5.21 Å². The third-order valence-corrected chi connectivity index (χ3v) is 1.88. The summed E-state index contributed by atoms with van der Waals surface area (Å²) in [6, 6.07) is 7.75. The molecule has 0 unspecified atom stereocenters. The Kier molecular flexibility index (Phi) is 7.06. The van der Waals surface area contributed by atoms with Crippen LogP contribution in [0.2, 0.25) is 5.02 Å². The monoisotopic (exact) mass is 232 g/mol. The molecular weight excluding hydrogens is 220 g/mol. The van der Waals surface area contributed by atoms with Gasteiger partial charge in [-0.3, -0.25) is 0 Å². The van der Waals surface area contributed by atoms with Crippen LogP contribution in [0.15, 0.2) is 29.4 Å². The average molecular weight is 233 g/mol. The summed E-state index contributed by atoms with van der Waals surface area (Å²) in [5.41, 5.74) is 6.14. The van der Waals surface area contributed by atoms with Crippen molar-refractivity contribution in [3.05, 3.63) is 34.9 Å². The first kappa shape index (κ1) is 13.1. The fourth-order valence-corrected chi connectivity index (χ4v) is 0.754. The maximum absolute atomic E-state index is 7.75. The van der Waals surface area contributed by atoms with Crippen LogP contribution in [0.5, 0.6) is 0 Å². The fraction of sp³-hybridized carbons (Fsp3) is 0.222. The molecule has 1 rings (SSSR count). The number of aryl methyl sites for hydroxylation is 1. The van der Waals surface area contributed by atoms with Crippen LogP contribution in [-0.2, 0) is 0 Å². The Hall–Kier alpha value is -0.870. The summed E-state index contributed by atoms with van der Waals surface area (Å²) in [5, 5.41) is 11.2. The van der Waals surface area contributed by atoms with E-state index >= 15 is 0 Å². The van der Waals surface area contributed by atoms with Gasteiger partial charge in [0, 0.05) is 5.02 Å². The second-order valence-electron chi connectivity index (χ2n) is 2.55. The molecule has 0 heterocycles. The van der Waals surface area contributed by atoms with Crippen LogP contribution in [0, 0.1) is 6.92 Å². The Balaban J connectivity index is 0.000000255. The molecule has 3 N–H and O–H groups in total. The molecule has 1 aromatic rings. The van der Waals surface area contributed by atoms with Crippen molar-refractivity contribution in [2.45, 2.75) is 6.92 Å². The predicted octanol–water partition coefficient (Wildman–Crippen LogP) is 2.31. The minimum Gasteiger partial charge on any atom is -0.409 e. The predicted molar refractivity (Wildman–Crippen MR) is 63.5 cm³/mol. The molecule has 0 atom stereocenters. The second-order valence-corrected chi connectivity index (χ2v) is 3.30. The van der Waals surface area contributed by atoms with Crippen LogP contribution in [0.3, 0.4) is 0 Å². The molecule has 0 amide bonds. The fourth-order valence-electron chi connectivity index (χ4n) is 0.565. The minimum atomic E-state index is 0.137. The first-order valence-corrected chi connectivity index (χ1v) is 4.90. The molecule has 0 saturated carbocycles. The number of amidine groups is 1. The number of oxime groups is 1. The van der Waals surface area contributed by atoms with Gasteiger partial charge in [0.1, 0.15) is 5.84 Å². The van der Waals surface area contributed by atoms with E-state index in [1.165, 1.54) is 5.56 Å². The van der Waals surface area contributed by atoms with Crippen LogP contribution in [0.1, 0.15) is 5.56 Å². The van der Waals surface area contributed by atoms with E-state index in [-0.39, 0.29) is 5.84 Å². The first-order valence-electron chi connectivity index (χ1n) is 3.89. The third kappa shape index (κ3) is 6.62. The summed E-state index contributed by atoms with van der Waals surface area (Å²) < 4.78 is 0. The largest absolute Gasteiger partial charge is 0.409 e. The van der Waals surface area contributed by atoms with Crippen molar-refractivity contribution in [2.75, 3.05) is 5.75 Å². The van der Waals surface area contributed by atoms with Crippen molar-refractivity contribution in [2.24, 2.45) is 10.9 Å². The molecule has 0 saturated heterocycles. The van der Waals surface area contributed by atoms with Gasteiger partial charge in [0.15, 0.2) is 0 Å². The number of hydrogen-bond acceptors (Lipinski definition) is 3. The van der Waals surface area contributed by atoms with Gasteiger partial charge in [-0.2, -0.15) is 12.6 Å². The Labute approximate surface area is 94.0 Å². The van der Waals surface area contributed by atoms with Gasteiger partial charge in [0.05, 0.1) is 5.75 Å². The molecular formula is C9H13ClN2OS. The lowest BCUT2D eigenvalue weighted by Gasteiger charge is -1.88. The van der Waals surface area contributed by atoms with E-state index in [2.05, 4.69) is 17.8 Å². The van der Waals surface area contributed by atoms with Gasteiger partial charge >= 0.3 is 0 Å². The topological polar surface area (TPSA) is 58.6 Å². The SMILES string of the molecule is Cc1ccc(Cl)cc1.NC(CS)=NO. The lowest BCUT2D eigenvalue weighted by atomic mass is 10.2. The molecule has 0 radical (unpaired) electrons. The maximum Gasteiger partial charge on any atom is 0.148 e. The van der Waals surface area contributed by atoms with Crippen molar-refractivity contribution in [3.8, 4) is 0 Å². The number of rotatable bonds is 1. The van der Waals surface area contributed by atoms with Gasteiger partial charge in [-0.05, 0) is 19.1 Å². The molecule has 0 spiro atoms. The summed E-state index contributed by atoms with van der Waals surface area (Å²) >= 11 is 9.29. The molecule has 0 fully saturated rings. The zero-order chi connectivity index (χ0) is 11.0. The highest BCUT2D eigenvalue weighted by Crippen LogP contribution is 2.07. The van der Waals surface area contributed by atoms with Gasteiger partial charge in [-0.15, -0.1) is 0 Å². The van der Waals surface area contributed by atoms with Crippen LogP contribution in [-0.4, -0.2) is 16.8 Å². The van der Waals surface area contributed by atoms with E-state index in [0.717, 1.165) is 5.02 Å². The molecule has 0 aliphatic heterocycles. The summed E-state index contributed by atoms with van der Waals surface area (Å²) in [4.78, 5) is 0. The highest BCUT2D eigenvalue weighted by Gasteiger charge is 1.82. The van der Waals surface area contributed by atoms with E-state index in [0.29, 0.717) is 5.75 Å². The van der Waals surface area contributed by atoms with Crippen molar-refractivity contribution in [3.63, 3.8) is 0 Å². The van der Waals surface area contributed by atoms with Crippen LogP contribution in [0.25, 0.3) is 0 Å². The third-order valence-electron chi connectivity index (χ3n) is 1.30. The van der Waals surface area contributed by atoms with Gasteiger partial charge in [0.2, 0.25) is 0 Å². The number of thiol groups is 1. The molecule has 0 aromatic heterocycles. The van der Waals surface area contributed by atoms with Gasteiger partial charge in [0.25, 0.3) is 0 Å². The second kappa shape index (κ2) is 7.53. The van der Waals surface area contributed by atoms with E-state index in [4.69, 9.17) is 22.5 Å². The molecule has 0 aliphatic rings. The van der Waals surface area contributed by atoms with E-state index < -0.39 is 0 Å². The smallest absolute Gasteiger partial charge is 0.148 e. The van der Waals surface area contributed by atoms with E-state index in [9.17, 15) is 0 Å². The Morgan fingerprint density at radius 3 is 2.21 bits per heavy atom. The lowest BCUT2D eigenvalue weighted by Crippen LogP contribution is -2.12. The quantitative estimate of drug-likeness (QED) is 0.229. The number of benzene rings is 1. The zero-order valence-electron chi connectivity index (χ0n) is 7.81. The van der Waals surface area contributed by atoms with Crippen LogP contribution >= 0.6 is 24.2 Å².